The van der Waals surface area contributed by atoms with Crippen LogP contribution in [0.3, 0.4) is 0 Å². The quantitative estimate of drug-likeness (QED) is 0.794. The molecule has 0 radical (unpaired) electrons. The molecular formula is C16H21BrO3. The number of carboxylic acid groups (broad SMARTS) is 1. The summed E-state index contributed by atoms with van der Waals surface area (Å²) in [6.07, 6.45) is 6.50. The molecule has 1 aromatic rings. The summed E-state index contributed by atoms with van der Waals surface area (Å²) < 4.78 is 6.68. The zero-order valence-corrected chi connectivity index (χ0v) is 13.2. The minimum Gasteiger partial charge on any atom is -0.494 e. The zero-order valence-electron chi connectivity index (χ0n) is 11.6. The number of aliphatic carboxylic acids is 1. The van der Waals surface area contributed by atoms with Crippen LogP contribution in [0, 0.1) is 5.41 Å². The van der Waals surface area contributed by atoms with E-state index in [1.165, 1.54) is 0 Å². The Bertz CT molecular complexity index is 451. The minimum absolute atomic E-state index is 0.461. The summed E-state index contributed by atoms with van der Waals surface area (Å²) in [5.74, 6) is 0.130. The summed E-state index contributed by atoms with van der Waals surface area (Å²) in [6.45, 7) is 0.461. The average molecular weight is 341 g/mol. The number of ether oxygens (including phenoxy) is 1. The monoisotopic (exact) mass is 340 g/mol. The summed E-state index contributed by atoms with van der Waals surface area (Å²) in [6, 6.07) is 7.65. The molecule has 4 heteroatoms. The lowest BCUT2D eigenvalue weighted by Gasteiger charge is -2.27. The van der Waals surface area contributed by atoms with Gasteiger partial charge in [-0.3, -0.25) is 4.79 Å². The van der Waals surface area contributed by atoms with Crippen molar-refractivity contribution in [2.45, 2.75) is 44.9 Å². The molecule has 0 atom stereocenters. The highest BCUT2D eigenvalue weighted by atomic mass is 79.9. The fourth-order valence-corrected chi connectivity index (χ4v) is 3.28. The maximum absolute atomic E-state index is 11.7. The van der Waals surface area contributed by atoms with Crippen molar-refractivity contribution in [2.75, 3.05) is 6.61 Å². The molecule has 0 amide bonds. The Morgan fingerprint density at radius 3 is 2.55 bits per heavy atom. The summed E-state index contributed by atoms with van der Waals surface area (Å²) in [7, 11) is 0. The van der Waals surface area contributed by atoms with Gasteiger partial charge in [0, 0.05) is 4.47 Å². The van der Waals surface area contributed by atoms with Crippen molar-refractivity contribution < 1.29 is 14.6 Å². The van der Waals surface area contributed by atoms with Gasteiger partial charge < -0.3 is 9.84 Å². The van der Waals surface area contributed by atoms with E-state index in [0.717, 1.165) is 48.7 Å². The maximum atomic E-state index is 11.7. The van der Waals surface area contributed by atoms with E-state index in [0.29, 0.717) is 13.0 Å². The van der Waals surface area contributed by atoms with Gasteiger partial charge in [-0.25, -0.2) is 0 Å². The van der Waals surface area contributed by atoms with E-state index >= 15 is 0 Å². The Morgan fingerprint density at radius 1 is 1.25 bits per heavy atom. The molecule has 0 heterocycles. The largest absolute Gasteiger partial charge is 0.494 e. The van der Waals surface area contributed by atoms with Crippen molar-refractivity contribution in [1.29, 1.82) is 0 Å². The van der Waals surface area contributed by atoms with E-state index in [1.807, 2.05) is 24.3 Å². The molecule has 0 spiro atoms. The topological polar surface area (TPSA) is 46.5 Å². The van der Waals surface area contributed by atoms with Crippen LogP contribution >= 0.6 is 15.9 Å². The molecule has 1 N–H and O–H groups in total. The molecule has 110 valence electrons. The lowest BCUT2D eigenvalue weighted by atomic mass is 9.78. The molecule has 0 aromatic heterocycles. The van der Waals surface area contributed by atoms with Crippen LogP contribution in [0.4, 0.5) is 0 Å². The molecule has 0 saturated heterocycles. The number of carbonyl (C=O) groups is 1. The summed E-state index contributed by atoms with van der Waals surface area (Å²) in [4.78, 5) is 11.7. The van der Waals surface area contributed by atoms with Gasteiger partial charge in [0.15, 0.2) is 0 Å². The second kappa shape index (κ2) is 7.11. The number of carboxylic acids is 1. The first-order chi connectivity index (χ1) is 9.62. The predicted molar refractivity (Wildman–Crippen MR) is 82.0 cm³/mol. The lowest BCUT2D eigenvalue weighted by Crippen LogP contribution is -2.32. The number of halogens is 1. The van der Waals surface area contributed by atoms with Crippen LogP contribution < -0.4 is 4.74 Å². The summed E-state index contributed by atoms with van der Waals surface area (Å²) in [5.41, 5.74) is -0.581. The molecule has 0 bridgehead atoms. The third-order valence-corrected chi connectivity index (χ3v) is 4.65. The van der Waals surface area contributed by atoms with Crippen molar-refractivity contribution in [3.05, 3.63) is 28.7 Å². The smallest absolute Gasteiger partial charge is 0.309 e. The molecule has 1 fully saturated rings. The van der Waals surface area contributed by atoms with E-state index in [9.17, 15) is 9.90 Å². The third kappa shape index (κ3) is 3.98. The number of benzene rings is 1. The molecule has 3 nitrogen and oxygen atoms in total. The van der Waals surface area contributed by atoms with Gasteiger partial charge in [-0.05, 0) is 37.5 Å². The van der Waals surface area contributed by atoms with Crippen LogP contribution in [0.15, 0.2) is 28.7 Å². The number of rotatable bonds is 5. The van der Waals surface area contributed by atoms with Gasteiger partial charge in [-0.15, -0.1) is 0 Å². The van der Waals surface area contributed by atoms with Gasteiger partial charge in [-0.2, -0.15) is 0 Å². The molecule has 0 unspecified atom stereocenters. The Labute approximate surface area is 128 Å². The van der Waals surface area contributed by atoms with E-state index in [2.05, 4.69) is 15.9 Å². The Balaban J connectivity index is 1.93. The minimum atomic E-state index is -0.655. The van der Waals surface area contributed by atoms with Crippen molar-refractivity contribution in [3.63, 3.8) is 0 Å². The number of hydrogen-bond acceptors (Lipinski definition) is 2. The fourth-order valence-electron chi connectivity index (χ4n) is 2.90. The van der Waals surface area contributed by atoms with Gasteiger partial charge in [0.1, 0.15) is 5.75 Å². The van der Waals surface area contributed by atoms with Crippen molar-refractivity contribution in [1.82, 2.24) is 0 Å². The van der Waals surface area contributed by atoms with Crippen LogP contribution in [0.2, 0.25) is 0 Å². The molecule has 1 aliphatic rings. The highest BCUT2D eigenvalue weighted by molar-refractivity contribution is 9.10. The van der Waals surface area contributed by atoms with Crippen LogP contribution in [0.5, 0.6) is 5.75 Å². The fraction of sp³-hybridized carbons (Fsp3) is 0.562. The average Bonchev–Trinajstić information content (AvgIpc) is 2.65. The van der Waals surface area contributed by atoms with E-state index in [1.54, 1.807) is 0 Å². The highest BCUT2D eigenvalue weighted by Crippen LogP contribution is 2.38. The van der Waals surface area contributed by atoms with Crippen molar-refractivity contribution in [3.8, 4) is 5.75 Å². The van der Waals surface area contributed by atoms with E-state index in [4.69, 9.17) is 4.74 Å². The Hall–Kier alpha value is -1.03. The first-order valence-corrected chi connectivity index (χ1v) is 8.03. The first kappa shape index (κ1) is 15.4. The number of hydrogen-bond donors (Lipinski definition) is 1. The molecule has 20 heavy (non-hydrogen) atoms. The van der Waals surface area contributed by atoms with E-state index in [-0.39, 0.29) is 0 Å². The van der Waals surface area contributed by atoms with Crippen LogP contribution in [0.25, 0.3) is 0 Å². The van der Waals surface area contributed by atoms with Gasteiger partial charge in [0.25, 0.3) is 0 Å². The molecule has 2 rings (SSSR count). The van der Waals surface area contributed by atoms with Crippen LogP contribution in [0.1, 0.15) is 44.9 Å². The SMILES string of the molecule is O=C(O)C1(CCOc2cccc(Br)c2)CCCCCC1. The third-order valence-electron chi connectivity index (χ3n) is 4.16. The van der Waals surface area contributed by atoms with Crippen LogP contribution in [-0.2, 0) is 4.79 Å². The molecule has 1 aromatic carbocycles. The first-order valence-electron chi connectivity index (χ1n) is 7.24. The van der Waals surface area contributed by atoms with Crippen molar-refractivity contribution in [2.24, 2.45) is 5.41 Å². The predicted octanol–water partition coefficient (Wildman–Crippen LogP) is 4.64. The standard InChI is InChI=1S/C16H21BrO3/c17-13-6-5-7-14(12-13)20-11-10-16(15(18)19)8-3-1-2-4-9-16/h5-7,12H,1-4,8-11H2,(H,18,19). The molecule has 0 aliphatic heterocycles. The Morgan fingerprint density at radius 2 is 1.95 bits per heavy atom. The summed E-state index contributed by atoms with van der Waals surface area (Å²) >= 11 is 3.40. The second-order valence-electron chi connectivity index (χ2n) is 5.56. The lowest BCUT2D eigenvalue weighted by molar-refractivity contribution is -0.150. The summed E-state index contributed by atoms with van der Waals surface area (Å²) in [5, 5.41) is 9.59. The van der Waals surface area contributed by atoms with E-state index < -0.39 is 11.4 Å². The highest BCUT2D eigenvalue weighted by Gasteiger charge is 2.38. The van der Waals surface area contributed by atoms with Gasteiger partial charge in [-0.1, -0.05) is 47.7 Å². The molecule has 1 aliphatic carbocycles. The van der Waals surface area contributed by atoms with Gasteiger partial charge in [0.05, 0.1) is 12.0 Å². The Kier molecular flexibility index (Phi) is 5.46. The van der Waals surface area contributed by atoms with Crippen LogP contribution in [-0.4, -0.2) is 17.7 Å². The molecule has 1 saturated carbocycles. The van der Waals surface area contributed by atoms with Crippen molar-refractivity contribution >= 4 is 21.9 Å². The zero-order chi connectivity index (χ0) is 14.4. The van der Waals surface area contributed by atoms with Gasteiger partial charge in [0.2, 0.25) is 0 Å². The molecular weight excluding hydrogens is 320 g/mol. The normalized spacial score (nSPS) is 18.2. The van der Waals surface area contributed by atoms with Gasteiger partial charge >= 0.3 is 5.97 Å². The maximum Gasteiger partial charge on any atom is 0.309 e. The second-order valence-corrected chi connectivity index (χ2v) is 6.47.